The molecule has 1 aromatic rings. The summed E-state index contributed by atoms with van der Waals surface area (Å²) < 4.78 is 13.0. The summed E-state index contributed by atoms with van der Waals surface area (Å²) in [5.41, 5.74) is 3.94. The van der Waals surface area contributed by atoms with Gasteiger partial charge in [0.2, 0.25) is 11.7 Å². The molecule has 0 aromatic heterocycles. The first-order valence-electron chi connectivity index (χ1n) is 4.91. The number of hydrogen-bond donors (Lipinski definition) is 3. The Morgan fingerprint density at radius 1 is 1.50 bits per heavy atom. The van der Waals surface area contributed by atoms with E-state index in [9.17, 15) is 29.5 Å². The zero-order chi connectivity index (χ0) is 13.9. The smallest absolute Gasteiger partial charge is 0.305 e. The van der Waals surface area contributed by atoms with Gasteiger partial charge in [-0.2, -0.15) is 4.39 Å². The fraction of sp³-hybridized carbons (Fsp3) is 0.300. The Hall–Kier alpha value is -2.06. The van der Waals surface area contributed by atoms with Crippen LogP contribution in [0.3, 0.4) is 0 Å². The number of aliphatic hydroxyl groups excluding tert-OH is 2. The fourth-order valence-corrected chi connectivity index (χ4v) is 1.39. The van der Waals surface area contributed by atoms with Crippen molar-refractivity contribution in [3.8, 4) is 0 Å². The minimum Gasteiger partial charge on any atom is -0.390 e. The van der Waals surface area contributed by atoms with Crippen LogP contribution in [-0.4, -0.2) is 27.1 Å². The summed E-state index contributed by atoms with van der Waals surface area (Å²) in [4.78, 5) is 20.1. The zero-order valence-corrected chi connectivity index (χ0v) is 9.12. The van der Waals surface area contributed by atoms with Gasteiger partial charge in [-0.1, -0.05) is 6.07 Å². The van der Waals surface area contributed by atoms with Crippen molar-refractivity contribution in [2.45, 2.75) is 18.6 Å². The highest BCUT2D eigenvalue weighted by atomic mass is 19.1. The molecule has 1 amide bonds. The van der Waals surface area contributed by atoms with Crippen molar-refractivity contribution in [3.63, 3.8) is 0 Å². The van der Waals surface area contributed by atoms with E-state index in [1.54, 1.807) is 0 Å². The quantitative estimate of drug-likeness (QED) is 0.506. The molecule has 0 heterocycles. The van der Waals surface area contributed by atoms with Crippen molar-refractivity contribution in [1.29, 1.82) is 0 Å². The Kier molecular flexibility index (Phi) is 4.29. The molecule has 0 aliphatic heterocycles. The van der Waals surface area contributed by atoms with Gasteiger partial charge in [0, 0.05) is 6.07 Å². The van der Waals surface area contributed by atoms with Crippen LogP contribution >= 0.6 is 0 Å². The Morgan fingerprint density at radius 3 is 2.61 bits per heavy atom. The van der Waals surface area contributed by atoms with Crippen LogP contribution in [0.25, 0.3) is 0 Å². The molecule has 0 saturated carbocycles. The van der Waals surface area contributed by atoms with Crippen LogP contribution in [0.2, 0.25) is 0 Å². The lowest BCUT2D eigenvalue weighted by atomic mass is 10.0. The summed E-state index contributed by atoms with van der Waals surface area (Å²) >= 11 is 0. The van der Waals surface area contributed by atoms with E-state index in [0.717, 1.165) is 18.2 Å². The topological polar surface area (TPSA) is 127 Å². The summed E-state index contributed by atoms with van der Waals surface area (Å²) in [7, 11) is 0. The second-order valence-corrected chi connectivity index (χ2v) is 3.65. The Bertz CT molecular complexity index is 479. The molecule has 0 saturated heterocycles. The highest BCUT2D eigenvalue weighted by molar-refractivity contribution is 5.74. The minimum atomic E-state index is -1.56. The summed E-state index contributed by atoms with van der Waals surface area (Å²) in [5, 5.41) is 29.5. The summed E-state index contributed by atoms with van der Waals surface area (Å²) in [6.07, 6.45) is -3.57. The van der Waals surface area contributed by atoms with E-state index in [1.807, 2.05) is 0 Å². The van der Waals surface area contributed by atoms with Gasteiger partial charge in [-0.3, -0.25) is 14.9 Å². The van der Waals surface area contributed by atoms with Gasteiger partial charge >= 0.3 is 5.69 Å². The van der Waals surface area contributed by atoms with Crippen LogP contribution < -0.4 is 5.73 Å². The SMILES string of the molecule is NC(=O)CC(O)C(O)c1ccc(F)c([N+](=O)[O-])c1. The third-order valence-electron chi connectivity index (χ3n) is 2.28. The second-order valence-electron chi connectivity index (χ2n) is 3.65. The average Bonchev–Trinajstić information content (AvgIpc) is 2.27. The zero-order valence-electron chi connectivity index (χ0n) is 9.12. The molecule has 1 rings (SSSR count). The van der Waals surface area contributed by atoms with Crippen LogP contribution in [0.5, 0.6) is 0 Å². The lowest BCUT2D eigenvalue weighted by molar-refractivity contribution is -0.387. The molecule has 0 radical (unpaired) electrons. The number of halogens is 1. The number of primary amides is 1. The van der Waals surface area contributed by atoms with Gasteiger partial charge < -0.3 is 15.9 Å². The number of rotatable bonds is 5. The lowest BCUT2D eigenvalue weighted by Gasteiger charge is -2.16. The van der Waals surface area contributed by atoms with Crippen LogP contribution in [0, 0.1) is 15.9 Å². The number of benzene rings is 1. The Labute approximate surface area is 101 Å². The molecule has 7 nitrogen and oxygen atoms in total. The first-order chi connectivity index (χ1) is 8.32. The molecule has 2 atom stereocenters. The monoisotopic (exact) mass is 258 g/mol. The number of nitro benzene ring substituents is 1. The molecule has 1 aromatic carbocycles. The van der Waals surface area contributed by atoms with Gasteiger partial charge in [0.15, 0.2) is 0 Å². The van der Waals surface area contributed by atoms with E-state index in [1.165, 1.54) is 0 Å². The largest absolute Gasteiger partial charge is 0.390 e. The summed E-state index contributed by atoms with van der Waals surface area (Å²) in [6, 6.07) is 2.68. The second kappa shape index (κ2) is 5.52. The van der Waals surface area contributed by atoms with Crippen LogP contribution in [0.4, 0.5) is 10.1 Å². The maximum absolute atomic E-state index is 13.0. The summed E-state index contributed by atoms with van der Waals surface area (Å²) in [5.74, 6) is -1.89. The summed E-state index contributed by atoms with van der Waals surface area (Å²) in [6.45, 7) is 0. The first kappa shape index (κ1) is 14.0. The third kappa shape index (κ3) is 3.22. The Morgan fingerprint density at radius 2 is 2.11 bits per heavy atom. The number of carbonyl (C=O) groups excluding carboxylic acids is 1. The van der Waals surface area contributed by atoms with Crippen molar-refractivity contribution < 1.29 is 24.3 Å². The number of amides is 1. The van der Waals surface area contributed by atoms with Gasteiger partial charge in [0.25, 0.3) is 0 Å². The fourth-order valence-electron chi connectivity index (χ4n) is 1.39. The molecule has 0 aliphatic rings. The first-order valence-corrected chi connectivity index (χ1v) is 4.91. The van der Waals surface area contributed by atoms with E-state index in [-0.39, 0.29) is 5.56 Å². The van der Waals surface area contributed by atoms with Crippen LogP contribution in [-0.2, 0) is 4.79 Å². The van der Waals surface area contributed by atoms with Crippen LogP contribution in [0.1, 0.15) is 18.1 Å². The number of hydrogen-bond acceptors (Lipinski definition) is 5. The van der Waals surface area contributed by atoms with Gasteiger partial charge in [0.05, 0.1) is 17.4 Å². The van der Waals surface area contributed by atoms with Gasteiger partial charge in [0.1, 0.15) is 6.10 Å². The van der Waals surface area contributed by atoms with E-state index < -0.39 is 41.0 Å². The average molecular weight is 258 g/mol. The molecule has 98 valence electrons. The number of nitro groups is 1. The van der Waals surface area contributed by atoms with Crippen molar-refractivity contribution in [1.82, 2.24) is 0 Å². The number of aliphatic hydroxyl groups is 2. The molecule has 0 bridgehead atoms. The highest BCUT2D eigenvalue weighted by Crippen LogP contribution is 2.25. The molecule has 2 unspecified atom stereocenters. The van der Waals surface area contributed by atoms with Crippen molar-refractivity contribution in [3.05, 3.63) is 39.7 Å². The molecule has 18 heavy (non-hydrogen) atoms. The van der Waals surface area contributed by atoms with Crippen molar-refractivity contribution in [2.24, 2.45) is 5.73 Å². The standard InChI is InChI=1S/C10H11FN2O5/c11-6-2-1-5(3-7(6)13(17)18)10(16)8(14)4-9(12)15/h1-3,8,10,14,16H,4H2,(H2,12,15). The maximum atomic E-state index is 13.0. The predicted octanol–water partition coefficient (Wildman–Crippen LogP) is 0.00360. The van der Waals surface area contributed by atoms with E-state index in [4.69, 9.17) is 5.73 Å². The van der Waals surface area contributed by atoms with Crippen molar-refractivity contribution in [2.75, 3.05) is 0 Å². The molecule has 0 spiro atoms. The minimum absolute atomic E-state index is 0.0724. The lowest BCUT2D eigenvalue weighted by Crippen LogP contribution is -2.25. The van der Waals surface area contributed by atoms with Crippen molar-refractivity contribution >= 4 is 11.6 Å². The van der Waals surface area contributed by atoms with Gasteiger partial charge in [-0.05, 0) is 11.6 Å². The highest BCUT2D eigenvalue weighted by Gasteiger charge is 2.23. The predicted molar refractivity (Wildman–Crippen MR) is 57.8 cm³/mol. The molecular formula is C10H11FN2O5. The normalized spacial score (nSPS) is 13.9. The number of carbonyl (C=O) groups is 1. The molecular weight excluding hydrogens is 247 g/mol. The number of nitrogens with two attached hydrogens (primary N) is 1. The van der Waals surface area contributed by atoms with E-state index in [2.05, 4.69) is 0 Å². The number of nitrogens with zero attached hydrogens (tertiary/aromatic N) is 1. The van der Waals surface area contributed by atoms with E-state index in [0.29, 0.717) is 0 Å². The Balaban J connectivity index is 2.99. The molecule has 8 heteroatoms. The molecule has 0 aliphatic carbocycles. The van der Waals surface area contributed by atoms with Gasteiger partial charge in [-0.15, -0.1) is 0 Å². The van der Waals surface area contributed by atoms with Gasteiger partial charge in [-0.25, -0.2) is 0 Å². The third-order valence-corrected chi connectivity index (χ3v) is 2.28. The van der Waals surface area contributed by atoms with Crippen LogP contribution in [0.15, 0.2) is 18.2 Å². The maximum Gasteiger partial charge on any atom is 0.305 e. The molecule has 0 fully saturated rings. The van der Waals surface area contributed by atoms with E-state index >= 15 is 0 Å². The molecule has 4 N–H and O–H groups in total.